The minimum atomic E-state index is -0.208. The Kier molecular flexibility index (Phi) is 6.42. The zero-order chi connectivity index (χ0) is 25.4. The molecule has 4 aromatic rings. The molecule has 2 N–H and O–H groups in total. The molecular weight excluding hydrogens is 467 g/mol. The fourth-order valence-electron chi connectivity index (χ4n) is 5.80. The third-order valence-corrected chi connectivity index (χ3v) is 7.81. The van der Waals surface area contributed by atoms with Crippen LogP contribution in [0, 0.1) is 5.82 Å². The van der Waals surface area contributed by atoms with E-state index >= 15 is 0 Å². The smallest absolute Gasteiger partial charge is 0.154 e. The van der Waals surface area contributed by atoms with Crippen LogP contribution < -0.4 is 15.4 Å². The van der Waals surface area contributed by atoms with Crippen LogP contribution in [-0.2, 0) is 0 Å². The Morgan fingerprint density at radius 3 is 2.76 bits per heavy atom. The quantitative estimate of drug-likeness (QED) is 0.346. The molecule has 8 heteroatoms. The first kappa shape index (κ1) is 23.7. The standard InChI is InChI=1S/C29H33FN6O/c1-34-14-3-7-23(34)13-16-37-27-10-9-21(18-24(27)31)26-19-32-28-11-12-29(33-36(26)28)35-15-4-8-25(35)20-5-2-6-22(30)17-20/h2,5-6,9-12,17-19,23,25H,3-4,7-8,13-16,31H2,1H3. The number of imidazole rings is 1. The van der Waals surface area contributed by atoms with Gasteiger partial charge < -0.3 is 20.3 Å². The van der Waals surface area contributed by atoms with Crippen LogP contribution in [0.15, 0.2) is 60.8 Å². The van der Waals surface area contributed by atoms with E-state index in [1.165, 1.54) is 25.5 Å². The number of halogens is 1. The van der Waals surface area contributed by atoms with E-state index in [4.69, 9.17) is 15.6 Å². The molecular formula is C29H33FN6O. The Morgan fingerprint density at radius 2 is 1.95 bits per heavy atom. The topological polar surface area (TPSA) is 71.9 Å². The summed E-state index contributed by atoms with van der Waals surface area (Å²) in [5.41, 5.74) is 10.5. The second kappa shape index (κ2) is 10.0. The average Bonchev–Trinajstić information content (AvgIpc) is 3.64. The molecule has 0 spiro atoms. The molecule has 2 unspecified atom stereocenters. The summed E-state index contributed by atoms with van der Waals surface area (Å²) in [5, 5.41) is 4.95. The average molecular weight is 501 g/mol. The number of rotatable bonds is 7. The molecule has 2 aromatic heterocycles. The lowest BCUT2D eigenvalue weighted by Gasteiger charge is -2.26. The first-order valence-electron chi connectivity index (χ1n) is 13.2. The van der Waals surface area contributed by atoms with Crippen molar-refractivity contribution in [2.75, 3.05) is 37.4 Å². The summed E-state index contributed by atoms with van der Waals surface area (Å²) in [5.74, 6) is 1.35. The second-order valence-electron chi connectivity index (χ2n) is 10.2. The molecule has 2 fully saturated rings. The predicted octanol–water partition coefficient (Wildman–Crippen LogP) is 5.32. The van der Waals surface area contributed by atoms with Crippen molar-refractivity contribution >= 4 is 17.2 Å². The summed E-state index contributed by atoms with van der Waals surface area (Å²) in [6.07, 6.45) is 7.33. The number of hydrogen-bond acceptors (Lipinski definition) is 6. The van der Waals surface area contributed by atoms with Gasteiger partial charge >= 0.3 is 0 Å². The van der Waals surface area contributed by atoms with E-state index in [0.717, 1.165) is 54.1 Å². The van der Waals surface area contributed by atoms with Crippen LogP contribution in [0.2, 0.25) is 0 Å². The summed E-state index contributed by atoms with van der Waals surface area (Å²) < 4.78 is 21.8. The Labute approximate surface area is 216 Å². The molecule has 37 heavy (non-hydrogen) atoms. The third-order valence-electron chi connectivity index (χ3n) is 7.81. The first-order valence-corrected chi connectivity index (χ1v) is 13.2. The fourth-order valence-corrected chi connectivity index (χ4v) is 5.80. The van der Waals surface area contributed by atoms with E-state index < -0.39 is 0 Å². The molecule has 2 saturated heterocycles. The van der Waals surface area contributed by atoms with Gasteiger partial charge in [-0.15, -0.1) is 5.10 Å². The van der Waals surface area contributed by atoms with Gasteiger partial charge in [0.25, 0.3) is 0 Å². The molecule has 192 valence electrons. The van der Waals surface area contributed by atoms with E-state index in [-0.39, 0.29) is 11.9 Å². The molecule has 0 bridgehead atoms. The number of nitrogens with zero attached hydrogens (tertiary/aromatic N) is 5. The lowest BCUT2D eigenvalue weighted by Crippen LogP contribution is -2.26. The summed E-state index contributed by atoms with van der Waals surface area (Å²) in [6.45, 7) is 2.69. The highest BCUT2D eigenvalue weighted by atomic mass is 19.1. The molecule has 7 nitrogen and oxygen atoms in total. The lowest BCUT2D eigenvalue weighted by atomic mass is 10.0. The van der Waals surface area contributed by atoms with E-state index in [9.17, 15) is 4.39 Å². The molecule has 2 aromatic carbocycles. The SMILES string of the molecule is CN1CCCC1CCOc1ccc(-c2cnc3ccc(N4CCCC4c4cccc(F)c4)nn23)cc1N. The number of nitrogen functional groups attached to an aromatic ring is 1. The van der Waals surface area contributed by atoms with E-state index in [1.807, 2.05) is 47.1 Å². The van der Waals surface area contributed by atoms with Crippen LogP contribution in [-0.4, -0.2) is 52.3 Å². The van der Waals surface area contributed by atoms with Crippen LogP contribution in [0.5, 0.6) is 5.75 Å². The zero-order valence-corrected chi connectivity index (χ0v) is 21.2. The zero-order valence-electron chi connectivity index (χ0n) is 21.2. The van der Waals surface area contributed by atoms with E-state index in [0.29, 0.717) is 24.1 Å². The predicted molar refractivity (Wildman–Crippen MR) is 144 cm³/mol. The summed E-state index contributed by atoms with van der Waals surface area (Å²) >= 11 is 0. The number of anilines is 2. The number of hydrogen-bond donors (Lipinski definition) is 1. The molecule has 2 atom stereocenters. The van der Waals surface area contributed by atoms with Gasteiger partial charge in [-0.2, -0.15) is 0 Å². The van der Waals surface area contributed by atoms with E-state index in [2.05, 4.69) is 21.8 Å². The lowest BCUT2D eigenvalue weighted by molar-refractivity contribution is 0.234. The monoisotopic (exact) mass is 500 g/mol. The van der Waals surface area contributed by atoms with Gasteiger partial charge in [-0.25, -0.2) is 13.9 Å². The molecule has 0 amide bonds. The maximum absolute atomic E-state index is 13.9. The molecule has 2 aliphatic rings. The Balaban J connectivity index is 1.23. The highest BCUT2D eigenvalue weighted by molar-refractivity contribution is 5.70. The maximum Gasteiger partial charge on any atom is 0.154 e. The fraction of sp³-hybridized carbons (Fsp3) is 0.379. The summed E-state index contributed by atoms with van der Waals surface area (Å²) in [7, 11) is 2.18. The Morgan fingerprint density at radius 1 is 1.05 bits per heavy atom. The van der Waals surface area contributed by atoms with Crippen molar-refractivity contribution in [2.24, 2.45) is 0 Å². The maximum atomic E-state index is 13.9. The Bertz CT molecular complexity index is 1400. The molecule has 0 radical (unpaired) electrons. The molecule has 0 aliphatic carbocycles. The molecule has 0 saturated carbocycles. The van der Waals surface area contributed by atoms with Crippen molar-refractivity contribution in [1.29, 1.82) is 0 Å². The van der Waals surface area contributed by atoms with Crippen molar-refractivity contribution in [3.63, 3.8) is 0 Å². The van der Waals surface area contributed by atoms with Crippen LogP contribution in [0.25, 0.3) is 16.9 Å². The largest absolute Gasteiger partial charge is 0.491 e. The number of aromatic nitrogens is 3. The molecule has 4 heterocycles. The van der Waals surface area contributed by atoms with E-state index in [1.54, 1.807) is 12.1 Å². The van der Waals surface area contributed by atoms with Gasteiger partial charge in [0.1, 0.15) is 17.4 Å². The van der Waals surface area contributed by atoms with Crippen LogP contribution in [0.1, 0.15) is 43.7 Å². The van der Waals surface area contributed by atoms with Crippen LogP contribution in [0.3, 0.4) is 0 Å². The van der Waals surface area contributed by atoms with Gasteiger partial charge in [0, 0.05) is 18.2 Å². The van der Waals surface area contributed by atoms with Crippen molar-refractivity contribution in [3.05, 3.63) is 72.2 Å². The van der Waals surface area contributed by atoms with Gasteiger partial charge in [0.15, 0.2) is 5.65 Å². The number of fused-ring (bicyclic) bond motifs is 1. The van der Waals surface area contributed by atoms with Crippen molar-refractivity contribution < 1.29 is 9.13 Å². The van der Waals surface area contributed by atoms with Gasteiger partial charge in [-0.05, 0) is 93.7 Å². The van der Waals surface area contributed by atoms with Crippen molar-refractivity contribution in [3.8, 4) is 17.0 Å². The van der Waals surface area contributed by atoms with Crippen LogP contribution in [0.4, 0.5) is 15.9 Å². The number of benzene rings is 2. The van der Waals surface area contributed by atoms with Gasteiger partial charge in [-0.3, -0.25) is 0 Å². The minimum absolute atomic E-state index is 0.101. The second-order valence-corrected chi connectivity index (χ2v) is 10.2. The Hall–Kier alpha value is -3.65. The van der Waals surface area contributed by atoms with Gasteiger partial charge in [0.2, 0.25) is 0 Å². The van der Waals surface area contributed by atoms with Gasteiger partial charge in [0.05, 0.1) is 30.2 Å². The molecule has 6 rings (SSSR count). The number of ether oxygens (including phenoxy) is 1. The van der Waals surface area contributed by atoms with Gasteiger partial charge in [-0.1, -0.05) is 12.1 Å². The highest BCUT2D eigenvalue weighted by Crippen LogP contribution is 2.36. The van der Waals surface area contributed by atoms with Crippen LogP contribution >= 0.6 is 0 Å². The number of likely N-dealkylation sites (tertiary alicyclic amines) is 1. The number of nitrogens with two attached hydrogens (primary N) is 1. The summed E-state index contributed by atoms with van der Waals surface area (Å²) in [6, 6.07) is 17.4. The first-order chi connectivity index (χ1) is 18.1. The summed E-state index contributed by atoms with van der Waals surface area (Å²) in [4.78, 5) is 9.22. The molecule has 2 aliphatic heterocycles. The minimum Gasteiger partial charge on any atom is -0.491 e. The normalized spacial score (nSPS) is 20.2. The highest BCUT2D eigenvalue weighted by Gasteiger charge is 2.28. The third kappa shape index (κ3) is 4.73. The van der Waals surface area contributed by atoms with Crippen molar-refractivity contribution in [1.82, 2.24) is 19.5 Å². The van der Waals surface area contributed by atoms with Crippen molar-refractivity contribution in [2.45, 2.75) is 44.2 Å².